The Morgan fingerprint density at radius 1 is 0.720 bits per heavy atom. The highest BCUT2D eigenvalue weighted by atomic mass is 16.3. The minimum atomic E-state index is -1.05. The summed E-state index contributed by atoms with van der Waals surface area (Å²) < 4.78 is 0. The average Bonchev–Trinajstić information content (AvgIpc) is 2.69. The summed E-state index contributed by atoms with van der Waals surface area (Å²) in [5, 5.41) is 15.0. The number of rotatable bonds is 7. The Morgan fingerprint density at radius 3 is 1.88 bits per heavy atom. The molecule has 0 aliphatic rings. The van der Waals surface area contributed by atoms with Crippen LogP contribution >= 0.6 is 0 Å². The van der Waals surface area contributed by atoms with E-state index < -0.39 is 5.60 Å². The van der Waals surface area contributed by atoms with Crippen molar-refractivity contribution in [3.63, 3.8) is 0 Å². The van der Waals surface area contributed by atoms with Crippen molar-refractivity contribution >= 4 is 0 Å². The Kier molecular flexibility index (Phi) is 5.64. The van der Waals surface area contributed by atoms with Gasteiger partial charge in [0.25, 0.3) is 0 Å². The van der Waals surface area contributed by atoms with Crippen LogP contribution in [0.2, 0.25) is 0 Å². The molecule has 0 unspecified atom stereocenters. The second-order valence-corrected chi connectivity index (χ2v) is 6.37. The first-order valence-electron chi connectivity index (χ1n) is 8.84. The van der Waals surface area contributed by atoms with Crippen molar-refractivity contribution in [3.05, 3.63) is 107 Å². The second kappa shape index (κ2) is 8.11. The van der Waals surface area contributed by atoms with Gasteiger partial charge in [-0.05, 0) is 28.7 Å². The van der Waals surface area contributed by atoms with Crippen LogP contribution in [0.25, 0.3) is 0 Å². The van der Waals surface area contributed by atoms with Crippen LogP contribution in [-0.4, -0.2) is 11.7 Å². The first-order chi connectivity index (χ1) is 12.2. The number of benzene rings is 3. The molecule has 0 bridgehead atoms. The molecule has 0 saturated carbocycles. The second-order valence-electron chi connectivity index (χ2n) is 6.37. The van der Waals surface area contributed by atoms with Gasteiger partial charge >= 0.3 is 0 Å². The molecule has 1 atom stereocenters. The van der Waals surface area contributed by atoms with E-state index in [0.29, 0.717) is 6.54 Å². The molecule has 25 heavy (non-hydrogen) atoms. The third kappa shape index (κ3) is 4.16. The maximum atomic E-state index is 11.5. The van der Waals surface area contributed by atoms with Crippen LogP contribution < -0.4 is 5.32 Å². The zero-order valence-electron chi connectivity index (χ0n) is 14.7. The van der Waals surface area contributed by atoms with Gasteiger partial charge in [0.1, 0.15) is 5.60 Å². The van der Waals surface area contributed by atoms with Crippen LogP contribution in [0.3, 0.4) is 0 Å². The number of nitrogens with one attached hydrogen (secondary N) is 1. The highest BCUT2D eigenvalue weighted by Crippen LogP contribution is 2.29. The van der Waals surface area contributed by atoms with E-state index in [2.05, 4.69) is 36.5 Å². The molecule has 128 valence electrons. The van der Waals surface area contributed by atoms with Crippen LogP contribution in [0, 0.1) is 0 Å². The number of hydrogen-bond acceptors (Lipinski definition) is 2. The predicted molar refractivity (Wildman–Crippen MR) is 103 cm³/mol. The fourth-order valence-corrected chi connectivity index (χ4v) is 3.08. The molecule has 0 radical (unpaired) electrons. The minimum absolute atomic E-state index is 0.456. The lowest BCUT2D eigenvalue weighted by Crippen LogP contribution is -2.39. The molecule has 2 N–H and O–H groups in total. The normalized spacial score (nSPS) is 13.4. The Hall–Kier alpha value is -2.42. The van der Waals surface area contributed by atoms with E-state index in [4.69, 9.17) is 0 Å². The molecule has 3 aromatic carbocycles. The molecule has 0 aliphatic heterocycles. The minimum Gasteiger partial charge on any atom is -0.379 e. The van der Waals surface area contributed by atoms with Crippen molar-refractivity contribution in [2.75, 3.05) is 6.54 Å². The Balaban J connectivity index is 1.83. The largest absolute Gasteiger partial charge is 0.379 e. The summed E-state index contributed by atoms with van der Waals surface area (Å²) >= 11 is 0. The SMILES string of the molecule is CCc1ccc([C@@](O)(CNCc2ccccc2)c2ccccc2)cc1. The smallest absolute Gasteiger partial charge is 0.127 e. The van der Waals surface area contributed by atoms with E-state index in [-0.39, 0.29) is 0 Å². The van der Waals surface area contributed by atoms with Crippen LogP contribution in [0.1, 0.15) is 29.2 Å². The van der Waals surface area contributed by atoms with Crippen LogP contribution in [0.4, 0.5) is 0 Å². The van der Waals surface area contributed by atoms with E-state index >= 15 is 0 Å². The quantitative estimate of drug-likeness (QED) is 0.677. The van der Waals surface area contributed by atoms with Crippen LogP contribution in [0.5, 0.6) is 0 Å². The Morgan fingerprint density at radius 2 is 1.28 bits per heavy atom. The van der Waals surface area contributed by atoms with E-state index in [1.54, 1.807) is 0 Å². The summed E-state index contributed by atoms with van der Waals surface area (Å²) in [6.45, 7) is 3.32. The van der Waals surface area contributed by atoms with Crippen molar-refractivity contribution in [1.29, 1.82) is 0 Å². The highest BCUT2D eigenvalue weighted by Gasteiger charge is 2.31. The maximum Gasteiger partial charge on any atom is 0.127 e. The molecular weight excluding hydrogens is 306 g/mol. The van der Waals surface area contributed by atoms with Gasteiger partial charge in [-0.2, -0.15) is 0 Å². The first-order valence-corrected chi connectivity index (χ1v) is 8.84. The first kappa shape index (κ1) is 17.4. The average molecular weight is 331 g/mol. The molecule has 0 aliphatic carbocycles. The topological polar surface area (TPSA) is 32.3 Å². The van der Waals surface area contributed by atoms with Gasteiger partial charge in [0.05, 0.1) is 0 Å². The molecule has 2 heteroatoms. The van der Waals surface area contributed by atoms with E-state index in [0.717, 1.165) is 24.1 Å². The van der Waals surface area contributed by atoms with E-state index in [1.807, 2.05) is 60.7 Å². The van der Waals surface area contributed by atoms with Crippen molar-refractivity contribution < 1.29 is 5.11 Å². The lowest BCUT2D eigenvalue weighted by atomic mass is 9.85. The molecule has 0 amide bonds. The monoisotopic (exact) mass is 331 g/mol. The maximum absolute atomic E-state index is 11.5. The van der Waals surface area contributed by atoms with Crippen molar-refractivity contribution in [2.45, 2.75) is 25.5 Å². The molecule has 3 rings (SSSR count). The summed E-state index contributed by atoms with van der Waals surface area (Å²) in [6.07, 6.45) is 0.996. The fraction of sp³-hybridized carbons (Fsp3) is 0.217. The molecule has 3 aromatic rings. The van der Waals surface area contributed by atoms with E-state index in [1.165, 1.54) is 11.1 Å². The third-order valence-corrected chi connectivity index (χ3v) is 4.64. The number of aliphatic hydroxyl groups is 1. The summed E-state index contributed by atoms with van der Waals surface area (Å²) in [7, 11) is 0. The summed E-state index contributed by atoms with van der Waals surface area (Å²) in [5.41, 5.74) is 3.24. The molecule has 0 fully saturated rings. The van der Waals surface area contributed by atoms with Gasteiger partial charge in [0.2, 0.25) is 0 Å². The van der Waals surface area contributed by atoms with Gasteiger partial charge in [-0.25, -0.2) is 0 Å². The molecule has 0 saturated heterocycles. The summed E-state index contributed by atoms with van der Waals surface area (Å²) in [6, 6.07) is 28.4. The van der Waals surface area contributed by atoms with Crippen LogP contribution in [0.15, 0.2) is 84.9 Å². The van der Waals surface area contributed by atoms with Gasteiger partial charge in [0, 0.05) is 13.1 Å². The standard InChI is InChI=1S/C23H25NO/c1-2-19-13-15-22(16-14-19)23(25,21-11-7-4-8-12-21)18-24-17-20-9-5-3-6-10-20/h3-16,24-25H,2,17-18H2,1H3/t23-/m1/s1. The molecule has 2 nitrogen and oxygen atoms in total. The Labute approximate surface area is 150 Å². The van der Waals surface area contributed by atoms with Gasteiger partial charge in [-0.15, -0.1) is 0 Å². The Bertz CT molecular complexity index is 768. The molecule has 0 aromatic heterocycles. The van der Waals surface area contributed by atoms with Crippen molar-refractivity contribution in [3.8, 4) is 0 Å². The zero-order valence-corrected chi connectivity index (χ0v) is 14.7. The lowest BCUT2D eigenvalue weighted by molar-refractivity contribution is 0.0796. The number of hydrogen-bond donors (Lipinski definition) is 2. The molecule has 0 spiro atoms. The highest BCUT2D eigenvalue weighted by molar-refractivity contribution is 5.38. The third-order valence-electron chi connectivity index (χ3n) is 4.64. The zero-order chi connectivity index (χ0) is 17.5. The van der Waals surface area contributed by atoms with Crippen molar-refractivity contribution in [2.24, 2.45) is 0 Å². The summed E-state index contributed by atoms with van der Waals surface area (Å²) in [5.74, 6) is 0. The predicted octanol–water partition coefficient (Wildman–Crippen LogP) is 4.27. The fourth-order valence-electron chi connectivity index (χ4n) is 3.08. The van der Waals surface area contributed by atoms with E-state index in [9.17, 15) is 5.11 Å². The van der Waals surface area contributed by atoms with Gasteiger partial charge in [-0.3, -0.25) is 0 Å². The van der Waals surface area contributed by atoms with Gasteiger partial charge < -0.3 is 10.4 Å². The van der Waals surface area contributed by atoms with Crippen molar-refractivity contribution in [1.82, 2.24) is 5.32 Å². The van der Waals surface area contributed by atoms with Crippen LogP contribution in [-0.2, 0) is 18.6 Å². The summed E-state index contributed by atoms with van der Waals surface area (Å²) in [4.78, 5) is 0. The van der Waals surface area contributed by atoms with Gasteiger partial charge in [0.15, 0.2) is 0 Å². The van der Waals surface area contributed by atoms with Gasteiger partial charge in [-0.1, -0.05) is 91.9 Å². The molecular formula is C23H25NO. The lowest BCUT2D eigenvalue weighted by Gasteiger charge is -2.30. The number of aryl methyl sites for hydroxylation is 1. The molecule has 0 heterocycles.